The smallest absolute Gasteiger partial charge is 0.174 e. The Morgan fingerprint density at radius 2 is 2.07 bits per heavy atom. The first-order valence-electron chi connectivity index (χ1n) is 4.36. The molecule has 0 unspecified atom stereocenters. The van der Waals surface area contributed by atoms with E-state index < -0.39 is 0 Å². The van der Waals surface area contributed by atoms with E-state index in [1.807, 2.05) is 0 Å². The quantitative estimate of drug-likeness (QED) is 0.815. The molecule has 0 bridgehead atoms. The van der Waals surface area contributed by atoms with Gasteiger partial charge in [-0.15, -0.1) is 10.2 Å². The molecule has 14 heavy (non-hydrogen) atoms. The molecule has 6 heteroatoms. The van der Waals surface area contributed by atoms with Gasteiger partial charge in [-0.2, -0.15) is 0 Å². The van der Waals surface area contributed by atoms with Crippen LogP contribution in [0, 0.1) is 0 Å². The van der Waals surface area contributed by atoms with E-state index in [2.05, 4.69) is 15.5 Å². The number of nitrogens with two attached hydrogens (primary N) is 1. The Labute approximate surface area is 91.8 Å². The number of hydrogen-bond acceptors (Lipinski definition) is 4. The van der Waals surface area contributed by atoms with Gasteiger partial charge in [0.15, 0.2) is 10.3 Å². The number of nitrogens with zero attached hydrogens (tertiary/aromatic N) is 2. The summed E-state index contributed by atoms with van der Waals surface area (Å²) in [6.45, 7) is 0. The van der Waals surface area contributed by atoms with Crippen molar-refractivity contribution in [3.8, 4) is 0 Å². The maximum Gasteiger partial charge on any atom is 0.174 e. The van der Waals surface area contributed by atoms with Crippen LogP contribution >= 0.6 is 23.2 Å². The van der Waals surface area contributed by atoms with Gasteiger partial charge in [0.05, 0.1) is 5.69 Å². The van der Waals surface area contributed by atoms with Gasteiger partial charge in [0.2, 0.25) is 0 Å². The molecule has 0 radical (unpaired) electrons. The summed E-state index contributed by atoms with van der Waals surface area (Å²) in [5.74, 6) is 0. The Morgan fingerprint density at radius 3 is 2.71 bits per heavy atom. The highest BCUT2D eigenvalue weighted by molar-refractivity contribution is 6.33. The summed E-state index contributed by atoms with van der Waals surface area (Å²) in [6, 6.07) is 2.35. The summed E-state index contributed by atoms with van der Waals surface area (Å²) in [5.41, 5.74) is 6.39. The molecule has 0 atom stereocenters. The van der Waals surface area contributed by atoms with Gasteiger partial charge in [-0.3, -0.25) is 0 Å². The van der Waals surface area contributed by atoms with Crippen LogP contribution in [0.15, 0.2) is 6.07 Å². The largest absolute Gasteiger partial charge is 0.380 e. The molecule has 1 aromatic rings. The molecule has 0 saturated heterocycles. The van der Waals surface area contributed by atoms with E-state index in [1.165, 1.54) is 0 Å². The van der Waals surface area contributed by atoms with Crippen LogP contribution < -0.4 is 11.1 Å². The van der Waals surface area contributed by atoms with Crippen molar-refractivity contribution in [1.82, 2.24) is 10.2 Å². The summed E-state index contributed by atoms with van der Waals surface area (Å²) < 4.78 is 0. The van der Waals surface area contributed by atoms with Crippen molar-refractivity contribution in [3.05, 3.63) is 16.4 Å². The summed E-state index contributed by atoms with van der Waals surface area (Å²) >= 11 is 11.5. The van der Waals surface area contributed by atoms with E-state index in [0.29, 0.717) is 22.4 Å². The molecular formula is C8H10Cl2N4. The lowest BCUT2D eigenvalue weighted by molar-refractivity contribution is 0.373. The Balaban J connectivity index is 2.05. The van der Waals surface area contributed by atoms with Gasteiger partial charge in [-0.25, -0.2) is 0 Å². The Bertz CT molecular complexity index is 338. The number of aromatic nitrogens is 2. The third kappa shape index (κ3) is 2.08. The predicted molar refractivity (Wildman–Crippen MR) is 56.7 cm³/mol. The standard InChI is InChI=1S/C8H10Cl2N4/c9-7-3-6(8(10)14-13-7)12-5-1-4(11)2-5/h3-5H,1-2,11H2,(H,12,13). The highest BCUT2D eigenvalue weighted by Crippen LogP contribution is 2.27. The molecule has 4 nitrogen and oxygen atoms in total. The number of halogens is 2. The number of anilines is 1. The lowest BCUT2D eigenvalue weighted by Crippen LogP contribution is -2.44. The molecular weight excluding hydrogens is 223 g/mol. The van der Waals surface area contributed by atoms with Crippen LogP contribution in [0.2, 0.25) is 10.3 Å². The normalized spacial score (nSPS) is 25.6. The summed E-state index contributed by atoms with van der Waals surface area (Å²) in [5, 5.41) is 11.2. The average molecular weight is 233 g/mol. The van der Waals surface area contributed by atoms with Gasteiger partial charge >= 0.3 is 0 Å². The summed E-state index contributed by atoms with van der Waals surface area (Å²) in [7, 11) is 0. The minimum absolute atomic E-state index is 0.302. The number of rotatable bonds is 2. The van der Waals surface area contributed by atoms with Crippen LogP contribution in [0.3, 0.4) is 0 Å². The molecule has 76 valence electrons. The van der Waals surface area contributed by atoms with Crippen LogP contribution in [-0.2, 0) is 0 Å². The third-order valence-electron chi connectivity index (χ3n) is 2.25. The van der Waals surface area contributed by atoms with Gasteiger partial charge < -0.3 is 11.1 Å². The minimum atomic E-state index is 0.302. The molecule has 0 aliphatic heterocycles. The first-order valence-corrected chi connectivity index (χ1v) is 5.11. The van der Waals surface area contributed by atoms with Crippen molar-refractivity contribution in [2.45, 2.75) is 24.9 Å². The molecule has 1 aliphatic rings. The van der Waals surface area contributed by atoms with Crippen molar-refractivity contribution >= 4 is 28.9 Å². The zero-order chi connectivity index (χ0) is 10.1. The molecule has 1 heterocycles. The van der Waals surface area contributed by atoms with E-state index in [9.17, 15) is 0 Å². The van der Waals surface area contributed by atoms with E-state index in [-0.39, 0.29) is 0 Å². The van der Waals surface area contributed by atoms with Crippen LogP contribution in [-0.4, -0.2) is 22.3 Å². The fraction of sp³-hybridized carbons (Fsp3) is 0.500. The lowest BCUT2D eigenvalue weighted by Gasteiger charge is -2.33. The van der Waals surface area contributed by atoms with Crippen molar-refractivity contribution in [2.24, 2.45) is 5.73 Å². The summed E-state index contributed by atoms with van der Waals surface area (Å²) in [6.07, 6.45) is 1.91. The highest BCUT2D eigenvalue weighted by Gasteiger charge is 2.26. The molecule has 0 spiro atoms. The molecule has 1 aliphatic carbocycles. The molecule has 3 N–H and O–H groups in total. The Morgan fingerprint density at radius 1 is 1.36 bits per heavy atom. The van der Waals surface area contributed by atoms with Crippen LogP contribution in [0.1, 0.15) is 12.8 Å². The first-order chi connectivity index (χ1) is 6.65. The fourth-order valence-corrected chi connectivity index (χ4v) is 1.75. The second-order valence-electron chi connectivity index (χ2n) is 3.44. The van der Waals surface area contributed by atoms with E-state index >= 15 is 0 Å². The monoisotopic (exact) mass is 232 g/mol. The van der Waals surface area contributed by atoms with Crippen LogP contribution in [0.25, 0.3) is 0 Å². The van der Waals surface area contributed by atoms with E-state index in [0.717, 1.165) is 18.5 Å². The van der Waals surface area contributed by atoms with E-state index in [4.69, 9.17) is 28.9 Å². The number of nitrogens with one attached hydrogen (secondary N) is 1. The molecule has 0 aromatic carbocycles. The SMILES string of the molecule is NC1CC(Nc2cc(Cl)nnc2Cl)C1. The molecule has 2 rings (SSSR count). The van der Waals surface area contributed by atoms with E-state index in [1.54, 1.807) is 6.07 Å². The van der Waals surface area contributed by atoms with Crippen molar-refractivity contribution < 1.29 is 0 Å². The second kappa shape index (κ2) is 3.88. The molecule has 1 aromatic heterocycles. The van der Waals surface area contributed by atoms with Crippen molar-refractivity contribution in [1.29, 1.82) is 0 Å². The maximum absolute atomic E-state index is 5.83. The zero-order valence-electron chi connectivity index (χ0n) is 7.37. The maximum atomic E-state index is 5.83. The second-order valence-corrected chi connectivity index (χ2v) is 4.19. The third-order valence-corrected chi connectivity index (χ3v) is 2.72. The lowest BCUT2D eigenvalue weighted by atomic mass is 9.87. The van der Waals surface area contributed by atoms with Crippen molar-refractivity contribution in [2.75, 3.05) is 5.32 Å². The molecule has 1 saturated carbocycles. The zero-order valence-corrected chi connectivity index (χ0v) is 8.89. The number of hydrogen-bond donors (Lipinski definition) is 2. The van der Waals surface area contributed by atoms with Gasteiger partial charge in [-0.05, 0) is 12.8 Å². The van der Waals surface area contributed by atoms with Crippen molar-refractivity contribution in [3.63, 3.8) is 0 Å². The topological polar surface area (TPSA) is 63.8 Å². The van der Waals surface area contributed by atoms with Gasteiger partial charge in [0.25, 0.3) is 0 Å². The molecule has 1 fully saturated rings. The average Bonchev–Trinajstić information content (AvgIpc) is 2.09. The summed E-state index contributed by atoms with van der Waals surface area (Å²) in [4.78, 5) is 0. The van der Waals surface area contributed by atoms with Crippen LogP contribution in [0.4, 0.5) is 5.69 Å². The van der Waals surface area contributed by atoms with Gasteiger partial charge in [0.1, 0.15) is 0 Å². The first kappa shape index (κ1) is 9.96. The Kier molecular flexibility index (Phi) is 2.76. The van der Waals surface area contributed by atoms with Gasteiger partial charge in [0, 0.05) is 18.2 Å². The highest BCUT2D eigenvalue weighted by atomic mass is 35.5. The van der Waals surface area contributed by atoms with Gasteiger partial charge in [-0.1, -0.05) is 23.2 Å². The Hall–Kier alpha value is -0.580. The molecule has 0 amide bonds. The fourth-order valence-electron chi connectivity index (χ4n) is 1.45. The predicted octanol–water partition coefficient (Wildman–Crippen LogP) is 1.68. The minimum Gasteiger partial charge on any atom is -0.380 e. The van der Waals surface area contributed by atoms with Crippen LogP contribution in [0.5, 0.6) is 0 Å².